The van der Waals surface area contributed by atoms with E-state index in [1.807, 2.05) is 56.4 Å². The predicted molar refractivity (Wildman–Crippen MR) is 140 cm³/mol. The van der Waals surface area contributed by atoms with Gasteiger partial charge < -0.3 is 26.2 Å². The molecule has 0 unspecified atom stereocenters. The van der Waals surface area contributed by atoms with Crippen molar-refractivity contribution in [1.82, 2.24) is 25.1 Å². The maximum atomic E-state index is 12.9. The van der Waals surface area contributed by atoms with Crippen molar-refractivity contribution in [2.45, 2.75) is 45.3 Å². The highest BCUT2D eigenvalue weighted by atomic mass is 16.2. The van der Waals surface area contributed by atoms with Gasteiger partial charge in [-0.3, -0.25) is 14.3 Å². The molecular formula is C25H33N9O2. The average Bonchev–Trinajstić information content (AvgIpc) is 3.32. The fraction of sp³-hybridized carbons (Fsp3) is 0.400. The van der Waals surface area contributed by atoms with Crippen LogP contribution < -0.4 is 26.2 Å². The molecule has 2 aromatic heterocycles. The van der Waals surface area contributed by atoms with Crippen molar-refractivity contribution in [2.24, 2.45) is 5.73 Å². The van der Waals surface area contributed by atoms with Gasteiger partial charge in [0, 0.05) is 56.7 Å². The molecule has 1 aliphatic heterocycles. The first-order valence-corrected chi connectivity index (χ1v) is 12.1. The first kappa shape index (κ1) is 25.0. The van der Waals surface area contributed by atoms with E-state index >= 15 is 0 Å². The van der Waals surface area contributed by atoms with Gasteiger partial charge in [0.05, 0.1) is 18.1 Å². The Balaban J connectivity index is 1.51. The number of aryl methyl sites for hydroxylation is 1. The molecule has 2 atom stereocenters. The Morgan fingerprint density at radius 3 is 2.56 bits per heavy atom. The van der Waals surface area contributed by atoms with Crippen LogP contribution >= 0.6 is 0 Å². The monoisotopic (exact) mass is 491 g/mol. The van der Waals surface area contributed by atoms with Gasteiger partial charge in [-0.15, -0.1) is 0 Å². The van der Waals surface area contributed by atoms with Crippen molar-refractivity contribution in [3.05, 3.63) is 54.1 Å². The van der Waals surface area contributed by atoms with Crippen LogP contribution in [0.15, 0.2) is 42.9 Å². The number of nitrogens with zero attached hydrogens (tertiary/aromatic N) is 6. The molecule has 1 aliphatic rings. The quantitative estimate of drug-likeness (QED) is 0.437. The number of carbonyl (C=O) groups is 2. The van der Waals surface area contributed by atoms with Gasteiger partial charge in [0.25, 0.3) is 11.8 Å². The van der Waals surface area contributed by atoms with Gasteiger partial charge >= 0.3 is 0 Å². The Morgan fingerprint density at radius 1 is 1.17 bits per heavy atom. The maximum Gasteiger partial charge on any atom is 0.271 e. The third kappa shape index (κ3) is 5.56. The maximum absolute atomic E-state index is 12.9. The zero-order chi connectivity index (χ0) is 25.8. The van der Waals surface area contributed by atoms with Crippen LogP contribution in [0.1, 0.15) is 47.5 Å². The van der Waals surface area contributed by atoms with E-state index in [2.05, 4.69) is 32.5 Å². The number of hydrogen-bond acceptors (Lipinski definition) is 8. The minimum Gasteiger partial charge on any atom is -0.378 e. The van der Waals surface area contributed by atoms with E-state index in [0.29, 0.717) is 30.2 Å². The second-order valence-corrected chi connectivity index (χ2v) is 9.19. The van der Waals surface area contributed by atoms with Crippen molar-refractivity contribution in [3.8, 4) is 0 Å². The first-order valence-electron chi connectivity index (χ1n) is 12.1. The fourth-order valence-electron chi connectivity index (χ4n) is 4.25. The molecule has 0 spiro atoms. The molecule has 1 fully saturated rings. The molecule has 0 radical (unpaired) electrons. The van der Waals surface area contributed by atoms with Crippen LogP contribution in [0.5, 0.6) is 0 Å². The number of anilines is 4. The van der Waals surface area contributed by atoms with Crippen LogP contribution in [0.4, 0.5) is 23.0 Å². The van der Waals surface area contributed by atoms with Crippen LogP contribution in [0, 0.1) is 0 Å². The summed E-state index contributed by atoms with van der Waals surface area (Å²) in [6.45, 7) is 5.38. The van der Waals surface area contributed by atoms with E-state index in [9.17, 15) is 9.59 Å². The molecule has 4 rings (SSSR count). The van der Waals surface area contributed by atoms with Gasteiger partial charge in [0.15, 0.2) is 11.5 Å². The smallest absolute Gasteiger partial charge is 0.271 e. The molecule has 11 heteroatoms. The normalized spacial score (nSPS) is 17.5. The summed E-state index contributed by atoms with van der Waals surface area (Å²) >= 11 is 0. The molecule has 1 aromatic carbocycles. The zero-order valence-electron chi connectivity index (χ0n) is 21.1. The number of amides is 2. The molecule has 36 heavy (non-hydrogen) atoms. The summed E-state index contributed by atoms with van der Waals surface area (Å²) in [5.41, 5.74) is 7.94. The standard InChI is InChI=1S/C25H33N9O2/c1-5-33-14-19(12-28-33)29-24-22(23(26)35)27-13-21(31-24)34-15-18(9-6-16(34)2)30-25(36)17-7-10-20(11-8-17)32(3)4/h7-8,10-14,16,18H,5-6,9,15H2,1-4H3,(H2,26,35)(H,29,31)(H,30,36)/t16-,18+/m0/s1. The SMILES string of the molecule is CCn1cc(Nc2nc(N3C[C@H](NC(=O)c4ccc(N(C)C)cc4)CC[C@@H]3C)cnc2C(N)=O)cn1. The summed E-state index contributed by atoms with van der Waals surface area (Å²) in [7, 11) is 3.93. The molecule has 3 heterocycles. The van der Waals surface area contributed by atoms with Gasteiger partial charge in [0.2, 0.25) is 0 Å². The number of piperidine rings is 1. The lowest BCUT2D eigenvalue weighted by molar-refractivity contribution is 0.0930. The molecule has 11 nitrogen and oxygen atoms in total. The lowest BCUT2D eigenvalue weighted by Crippen LogP contribution is -2.51. The summed E-state index contributed by atoms with van der Waals surface area (Å²) in [5, 5.41) is 10.5. The van der Waals surface area contributed by atoms with Crippen molar-refractivity contribution < 1.29 is 9.59 Å². The Labute approximate surface area is 210 Å². The van der Waals surface area contributed by atoms with Gasteiger partial charge in [-0.2, -0.15) is 5.10 Å². The van der Waals surface area contributed by atoms with Crippen LogP contribution in [-0.2, 0) is 6.54 Å². The largest absolute Gasteiger partial charge is 0.378 e. The van der Waals surface area contributed by atoms with Crippen molar-refractivity contribution in [1.29, 1.82) is 0 Å². The molecule has 0 saturated carbocycles. The molecule has 1 saturated heterocycles. The van der Waals surface area contributed by atoms with Crippen LogP contribution in [-0.4, -0.2) is 64.3 Å². The minimum atomic E-state index is -0.670. The third-order valence-electron chi connectivity index (χ3n) is 6.37. The number of nitrogens with one attached hydrogen (secondary N) is 2. The lowest BCUT2D eigenvalue weighted by atomic mass is 9.99. The molecular weight excluding hydrogens is 458 g/mol. The average molecular weight is 492 g/mol. The first-order chi connectivity index (χ1) is 17.2. The molecule has 3 aromatic rings. The highest BCUT2D eigenvalue weighted by Crippen LogP contribution is 2.26. The Kier molecular flexibility index (Phi) is 7.37. The Bertz CT molecular complexity index is 1220. The minimum absolute atomic E-state index is 0.0543. The van der Waals surface area contributed by atoms with Crippen LogP contribution in [0.3, 0.4) is 0 Å². The zero-order valence-corrected chi connectivity index (χ0v) is 21.1. The molecule has 2 amide bonds. The highest BCUT2D eigenvalue weighted by molar-refractivity contribution is 5.96. The second kappa shape index (κ2) is 10.6. The van der Waals surface area contributed by atoms with Crippen LogP contribution in [0.25, 0.3) is 0 Å². The van der Waals surface area contributed by atoms with Crippen molar-refractivity contribution >= 4 is 34.8 Å². The number of primary amides is 1. The van der Waals surface area contributed by atoms with E-state index in [4.69, 9.17) is 10.7 Å². The molecule has 0 aliphatic carbocycles. The van der Waals surface area contributed by atoms with E-state index in [1.54, 1.807) is 17.1 Å². The highest BCUT2D eigenvalue weighted by Gasteiger charge is 2.29. The summed E-state index contributed by atoms with van der Waals surface area (Å²) in [6.07, 6.45) is 6.76. The molecule has 190 valence electrons. The lowest BCUT2D eigenvalue weighted by Gasteiger charge is -2.39. The van der Waals surface area contributed by atoms with E-state index in [1.165, 1.54) is 0 Å². The number of rotatable bonds is 8. The Hall–Kier alpha value is -4.15. The van der Waals surface area contributed by atoms with E-state index in [-0.39, 0.29) is 29.5 Å². The van der Waals surface area contributed by atoms with Crippen molar-refractivity contribution in [2.75, 3.05) is 35.8 Å². The molecule has 4 N–H and O–H groups in total. The number of hydrogen-bond donors (Lipinski definition) is 3. The van der Waals surface area contributed by atoms with Gasteiger partial charge in [-0.1, -0.05) is 0 Å². The topological polar surface area (TPSA) is 134 Å². The number of benzene rings is 1. The van der Waals surface area contributed by atoms with E-state index < -0.39 is 5.91 Å². The van der Waals surface area contributed by atoms with Crippen molar-refractivity contribution in [3.63, 3.8) is 0 Å². The summed E-state index contributed by atoms with van der Waals surface area (Å²) in [4.78, 5) is 38.0. The summed E-state index contributed by atoms with van der Waals surface area (Å²) in [5.74, 6) is 0.101. The summed E-state index contributed by atoms with van der Waals surface area (Å²) in [6, 6.07) is 7.65. The molecule has 0 bridgehead atoms. The van der Waals surface area contributed by atoms with Gasteiger partial charge in [0.1, 0.15) is 5.82 Å². The van der Waals surface area contributed by atoms with Gasteiger partial charge in [-0.05, 0) is 51.0 Å². The summed E-state index contributed by atoms with van der Waals surface area (Å²) < 4.78 is 1.76. The van der Waals surface area contributed by atoms with Gasteiger partial charge in [-0.25, -0.2) is 9.97 Å². The Morgan fingerprint density at radius 2 is 1.92 bits per heavy atom. The second-order valence-electron chi connectivity index (χ2n) is 9.19. The number of nitrogens with two attached hydrogens (primary N) is 1. The number of carbonyl (C=O) groups excluding carboxylic acids is 2. The predicted octanol–water partition coefficient (Wildman–Crippen LogP) is 2.39. The van der Waals surface area contributed by atoms with E-state index in [0.717, 1.165) is 18.5 Å². The number of aromatic nitrogens is 4. The third-order valence-corrected chi connectivity index (χ3v) is 6.37. The fourth-order valence-corrected chi connectivity index (χ4v) is 4.25. The van der Waals surface area contributed by atoms with Crippen LogP contribution in [0.2, 0.25) is 0 Å².